The van der Waals surface area contributed by atoms with Gasteiger partial charge in [0, 0.05) is 24.2 Å². The Morgan fingerprint density at radius 1 is 0.792 bits per heavy atom. The predicted molar refractivity (Wildman–Crippen MR) is 101 cm³/mol. The maximum absolute atomic E-state index is 12.9. The van der Waals surface area contributed by atoms with Crippen LogP contribution in [0.1, 0.15) is 22.3 Å². The predicted octanol–water partition coefficient (Wildman–Crippen LogP) is 4.28. The van der Waals surface area contributed by atoms with E-state index >= 15 is 0 Å². The standard InChI is InChI=1S/C22H23NO/c1-16-8-4-6-10-18(16)12-20-14-23(3)15-21(22(20)24)13-19-11-7-5-9-17(19)2/h4-13H,14-15H2,1-3H3/b20-12-,21-13-. The van der Waals surface area contributed by atoms with Crippen LogP contribution in [-0.4, -0.2) is 30.8 Å². The van der Waals surface area contributed by atoms with Gasteiger partial charge >= 0.3 is 0 Å². The molecule has 1 aliphatic heterocycles. The first-order chi connectivity index (χ1) is 11.5. The average Bonchev–Trinajstić information content (AvgIpc) is 2.56. The topological polar surface area (TPSA) is 20.3 Å². The van der Waals surface area contributed by atoms with Crippen LogP contribution >= 0.6 is 0 Å². The summed E-state index contributed by atoms with van der Waals surface area (Å²) in [6.45, 7) is 5.54. The number of hydrogen-bond donors (Lipinski definition) is 0. The minimum Gasteiger partial charge on any atom is -0.298 e. The van der Waals surface area contributed by atoms with Gasteiger partial charge < -0.3 is 0 Å². The van der Waals surface area contributed by atoms with E-state index in [1.165, 1.54) is 11.1 Å². The Morgan fingerprint density at radius 2 is 1.21 bits per heavy atom. The maximum Gasteiger partial charge on any atom is 0.187 e. The minimum atomic E-state index is 0.166. The van der Waals surface area contributed by atoms with E-state index in [0.717, 1.165) is 22.3 Å². The van der Waals surface area contributed by atoms with Gasteiger partial charge in [0.05, 0.1) is 0 Å². The Hall–Kier alpha value is -2.45. The van der Waals surface area contributed by atoms with E-state index in [0.29, 0.717) is 13.1 Å². The highest BCUT2D eigenvalue weighted by atomic mass is 16.1. The van der Waals surface area contributed by atoms with Gasteiger partial charge in [-0.25, -0.2) is 0 Å². The second kappa shape index (κ2) is 6.98. The number of Topliss-reactive ketones (excluding diaryl/α,β-unsaturated/α-hetero) is 1. The van der Waals surface area contributed by atoms with E-state index in [1.807, 2.05) is 36.4 Å². The van der Waals surface area contributed by atoms with Crippen LogP contribution in [0.3, 0.4) is 0 Å². The molecule has 2 aromatic carbocycles. The van der Waals surface area contributed by atoms with Crippen molar-refractivity contribution in [2.75, 3.05) is 20.1 Å². The fourth-order valence-electron chi connectivity index (χ4n) is 3.08. The van der Waals surface area contributed by atoms with Crippen molar-refractivity contribution in [3.05, 3.63) is 81.9 Å². The van der Waals surface area contributed by atoms with Crippen molar-refractivity contribution < 1.29 is 4.79 Å². The van der Waals surface area contributed by atoms with Gasteiger partial charge in [-0.1, -0.05) is 48.5 Å². The van der Waals surface area contributed by atoms with Gasteiger partial charge in [-0.3, -0.25) is 9.69 Å². The summed E-state index contributed by atoms with van der Waals surface area (Å²) < 4.78 is 0. The number of carbonyl (C=O) groups is 1. The Bertz CT molecular complexity index is 762. The largest absolute Gasteiger partial charge is 0.298 e. The Kier molecular flexibility index (Phi) is 4.77. The van der Waals surface area contributed by atoms with Crippen molar-refractivity contribution in [1.82, 2.24) is 4.90 Å². The van der Waals surface area contributed by atoms with Crippen molar-refractivity contribution in [2.24, 2.45) is 0 Å². The van der Waals surface area contributed by atoms with Crippen molar-refractivity contribution in [2.45, 2.75) is 13.8 Å². The molecule has 2 aromatic rings. The molecule has 1 heterocycles. The van der Waals surface area contributed by atoms with E-state index in [2.05, 4.69) is 50.1 Å². The van der Waals surface area contributed by atoms with E-state index in [1.54, 1.807) is 0 Å². The second-order valence-electron chi connectivity index (χ2n) is 6.55. The lowest BCUT2D eigenvalue weighted by molar-refractivity contribution is -0.113. The molecule has 0 radical (unpaired) electrons. The van der Waals surface area contributed by atoms with Gasteiger partial charge in [-0.2, -0.15) is 0 Å². The highest BCUT2D eigenvalue weighted by molar-refractivity contribution is 6.14. The summed E-state index contributed by atoms with van der Waals surface area (Å²) in [6.07, 6.45) is 4.08. The highest BCUT2D eigenvalue weighted by Crippen LogP contribution is 2.23. The Morgan fingerprint density at radius 3 is 1.62 bits per heavy atom. The number of carbonyl (C=O) groups excluding carboxylic acids is 1. The lowest BCUT2D eigenvalue weighted by Gasteiger charge is -2.26. The average molecular weight is 317 g/mol. The molecule has 1 aliphatic rings. The van der Waals surface area contributed by atoms with Crippen molar-refractivity contribution in [3.8, 4) is 0 Å². The van der Waals surface area contributed by atoms with Gasteiger partial charge in [0.1, 0.15) is 0 Å². The monoisotopic (exact) mass is 317 g/mol. The zero-order valence-corrected chi connectivity index (χ0v) is 14.5. The Labute approximate surface area is 144 Å². The summed E-state index contributed by atoms with van der Waals surface area (Å²) in [4.78, 5) is 15.1. The van der Waals surface area contributed by atoms with E-state index < -0.39 is 0 Å². The normalized spacial score (nSPS) is 19.2. The molecule has 0 aromatic heterocycles. The molecule has 24 heavy (non-hydrogen) atoms. The third kappa shape index (κ3) is 3.55. The van der Waals surface area contributed by atoms with E-state index in [-0.39, 0.29) is 5.78 Å². The Balaban J connectivity index is 1.98. The first-order valence-electron chi connectivity index (χ1n) is 8.30. The van der Waals surface area contributed by atoms with Crippen LogP contribution in [0.2, 0.25) is 0 Å². The van der Waals surface area contributed by atoms with Crippen LogP contribution in [0.15, 0.2) is 59.7 Å². The second-order valence-corrected chi connectivity index (χ2v) is 6.55. The number of nitrogens with zero attached hydrogens (tertiary/aromatic N) is 1. The number of aryl methyl sites for hydroxylation is 2. The third-order valence-electron chi connectivity index (χ3n) is 4.50. The quantitative estimate of drug-likeness (QED) is 0.770. The summed E-state index contributed by atoms with van der Waals surface area (Å²) in [6, 6.07) is 16.4. The van der Waals surface area contributed by atoms with Crippen molar-refractivity contribution in [3.63, 3.8) is 0 Å². The van der Waals surface area contributed by atoms with Crippen LogP contribution < -0.4 is 0 Å². The molecule has 1 saturated heterocycles. The van der Waals surface area contributed by atoms with E-state index in [4.69, 9.17) is 0 Å². The molecule has 2 nitrogen and oxygen atoms in total. The number of likely N-dealkylation sites (N-methyl/N-ethyl adjacent to an activating group) is 1. The lowest BCUT2D eigenvalue weighted by atomic mass is 9.93. The van der Waals surface area contributed by atoms with Crippen LogP contribution in [0.4, 0.5) is 0 Å². The summed E-state index contributed by atoms with van der Waals surface area (Å²) >= 11 is 0. The molecule has 1 fully saturated rings. The summed E-state index contributed by atoms with van der Waals surface area (Å²) in [5.74, 6) is 0.166. The van der Waals surface area contributed by atoms with Crippen LogP contribution in [0.25, 0.3) is 12.2 Å². The molecule has 0 aliphatic carbocycles. The number of piperidine rings is 1. The fraction of sp³-hybridized carbons (Fsp3) is 0.227. The number of rotatable bonds is 2. The molecule has 122 valence electrons. The molecule has 0 bridgehead atoms. The SMILES string of the molecule is Cc1ccccc1/C=C1/CN(C)C/C(=C/c2ccccc2C)C1=O. The van der Waals surface area contributed by atoms with Crippen LogP contribution in [-0.2, 0) is 4.79 Å². The van der Waals surface area contributed by atoms with Gasteiger partial charge in [0.25, 0.3) is 0 Å². The molecule has 0 unspecified atom stereocenters. The smallest absolute Gasteiger partial charge is 0.187 e. The number of ketones is 1. The van der Waals surface area contributed by atoms with E-state index in [9.17, 15) is 4.79 Å². The van der Waals surface area contributed by atoms with Crippen molar-refractivity contribution in [1.29, 1.82) is 0 Å². The van der Waals surface area contributed by atoms with Gasteiger partial charge in [-0.15, -0.1) is 0 Å². The van der Waals surface area contributed by atoms with Gasteiger partial charge in [-0.05, 0) is 55.3 Å². The minimum absolute atomic E-state index is 0.166. The molecule has 0 amide bonds. The third-order valence-corrected chi connectivity index (χ3v) is 4.50. The first-order valence-corrected chi connectivity index (χ1v) is 8.30. The number of likely N-dealkylation sites (tertiary alicyclic amines) is 1. The molecule has 0 saturated carbocycles. The zero-order valence-electron chi connectivity index (χ0n) is 14.5. The van der Waals surface area contributed by atoms with Gasteiger partial charge in [0.15, 0.2) is 5.78 Å². The number of benzene rings is 2. The van der Waals surface area contributed by atoms with Crippen LogP contribution in [0.5, 0.6) is 0 Å². The van der Waals surface area contributed by atoms with Gasteiger partial charge in [0.2, 0.25) is 0 Å². The maximum atomic E-state index is 12.9. The fourth-order valence-corrected chi connectivity index (χ4v) is 3.08. The molecular weight excluding hydrogens is 294 g/mol. The summed E-state index contributed by atoms with van der Waals surface area (Å²) in [5.41, 5.74) is 6.33. The number of hydrogen-bond acceptors (Lipinski definition) is 2. The summed E-state index contributed by atoms with van der Waals surface area (Å²) in [5, 5.41) is 0. The molecule has 0 spiro atoms. The van der Waals surface area contributed by atoms with Crippen LogP contribution in [0, 0.1) is 13.8 Å². The molecule has 2 heteroatoms. The van der Waals surface area contributed by atoms with Crippen molar-refractivity contribution >= 4 is 17.9 Å². The summed E-state index contributed by atoms with van der Waals surface area (Å²) in [7, 11) is 2.06. The lowest BCUT2D eigenvalue weighted by Crippen LogP contribution is -2.34. The molecule has 0 N–H and O–H groups in total. The molecular formula is C22H23NO. The zero-order chi connectivity index (χ0) is 17.1. The first kappa shape index (κ1) is 16.4. The molecule has 0 atom stereocenters. The molecule has 3 rings (SSSR count). The highest BCUT2D eigenvalue weighted by Gasteiger charge is 2.24.